The number of aromatic nitrogens is 1. The summed E-state index contributed by atoms with van der Waals surface area (Å²) in [5.41, 5.74) is 7.60. The van der Waals surface area contributed by atoms with E-state index in [0.717, 1.165) is 18.5 Å². The van der Waals surface area contributed by atoms with Gasteiger partial charge in [-0.05, 0) is 56.0 Å². The molecule has 1 heteroatoms. The first-order valence-corrected chi connectivity index (χ1v) is 6.46. The van der Waals surface area contributed by atoms with Crippen molar-refractivity contribution < 1.29 is 0 Å². The molecule has 0 atom stereocenters. The van der Waals surface area contributed by atoms with E-state index < -0.39 is 0 Å². The number of fused-ring (bicyclic) bond motifs is 1. The topological polar surface area (TPSA) is 12.9 Å². The summed E-state index contributed by atoms with van der Waals surface area (Å²) in [6.45, 7) is 4.27. The van der Waals surface area contributed by atoms with E-state index in [2.05, 4.69) is 55.2 Å². The Hall–Kier alpha value is -1.89. The fourth-order valence-electron chi connectivity index (χ4n) is 2.60. The van der Waals surface area contributed by atoms with E-state index in [4.69, 9.17) is 0 Å². The fourth-order valence-corrected chi connectivity index (χ4v) is 2.60. The van der Waals surface area contributed by atoms with Gasteiger partial charge in [0, 0.05) is 11.8 Å². The molecule has 0 unspecified atom stereocenters. The van der Waals surface area contributed by atoms with Gasteiger partial charge >= 0.3 is 0 Å². The van der Waals surface area contributed by atoms with E-state index >= 15 is 0 Å². The molecule has 1 aliphatic carbocycles. The summed E-state index contributed by atoms with van der Waals surface area (Å²) in [7, 11) is 0. The number of hydrogen-bond donors (Lipinski definition) is 0. The van der Waals surface area contributed by atoms with Gasteiger partial charge in [-0.1, -0.05) is 29.3 Å². The molecule has 0 aliphatic heterocycles. The lowest BCUT2D eigenvalue weighted by molar-refractivity contribution is 0.978. The molecule has 1 aromatic heterocycles. The van der Waals surface area contributed by atoms with Crippen LogP contribution in [0, 0.1) is 13.8 Å². The maximum atomic E-state index is 4.59. The Balaban J connectivity index is 2.09. The number of benzene rings is 1. The lowest BCUT2D eigenvalue weighted by Gasteiger charge is -2.12. The van der Waals surface area contributed by atoms with E-state index in [0.29, 0.717) is 0 Å². The zero-order valence-electron chi connectivity index (χ0n) is 10.9. The predicted molar refractivity (Wildman–Crippen MR) is 76.5 cm³/mol. The van der Waals surface area contributed by atoms with Gasteiger partial charge in [-0.2, -0.15) is 0 Å². The summed E-state index contributed by atoms with van der Waals surface area (Å²) >= 11 is 0. The molecule has 2 aromatic rings. The van der Waals surface area contributed by atoms with Crippen molar-refractivity contribution in [2.75, 3.05) is 0 Å². The van der Waals surface area contributed by atoms with Crippen LogP contribution >= 0.6 is 0 Å². The second-order valence-corrected chi connectivity index (χ2v) is 5.09. The molecule has 0 spiro atoms. The maximum Gasteiger partial charge on any atom is 0.0705 e. The van der Waals surface area contributed by atoms with E-state index in [1.54, 1.807) is 0 Å². The number of pyridine rings is 1. The van der Waals surface area contributed by atoms with Gasteiger partial charge in [-0.15, -0.1) is 0 Å². The third kappa shape index (κ3) is 2.08. The Morgan fingerprint density at radius 3 is 2.56 bits per heavy atom. The minimum Gasteiger partial charge on any atom is -0.256 e. The van der Waals surface area contributed by atoms with Gasteiger partial charge in [-0.25, -0.2) is 0 Å². The highest BCUT2D eigenvalue weighted by Crippen LogP contribution is 2.25. The first kappa shape index (κ1) is 11.2. The van der Waals surface area contributed by atoms with Crippen molar-refractivity contribution in [2.45, 2.75) is 26.7 Å². The van der Waals surface area contributed by atoms with Gasteiger partial charge < -0.3 is 0 Å². The summed E-state index contributed by atoms with van der Waals surface area (Å²) in [5, 5.41) is 0. The van der Waals surface area contributed by atoms with Crippen LogP contribution in [0.1, 0.15) is 28.7 Å². The van der Waals surface area contributed by atoms with Crippen molar-refractivity contribution in [2.24, 2.45) is 0 Å². The zero-order valence-corrected chi connectivity index (χ0v) is 10.9. The second-order valence-electron chi connectivity index (χ2n) is 5.09. The van der Waals surface area contributed by atoms with E-state index in [9.17, 15) is 0 Å². The Morgan fingerprint density at radius 1 is 1.00 bits per heavy atom. The van der Waals surface area contributed by atoms with Crippen molar-refractivity contribution in [1.29, 1.82) is 0 Å². The van der Waals surface area contributed by atoms with Gasteiger partial charge in [0.25, 0.3) is 0 Å². The highest BCUT2D eigenvalue weighted by Gasteiger charge is 2.08. The van der Waals surface area contributed by atoms with Gasteiger partial charge in [0.1, 0.15) is 0 Å². The van der Waals surface area contributed by atoms with Crippen LogP contribution in [-0.4, -0.2) is 4.98 Å². The number of hydrogen-bond acceptors (Lipinski definition) is 1. The van der Waals surface area contributed by atoms with E-state index in [-0.39, 0.29) is 0 Å². The second kappa shape index (κ2) is 4.41. The highest BCUT2D eigenvalue weighted by molar-refractivity contribution is 5.65. The lowest BCUT2D eigenvalue weighted by Crippen LogP contribution is -1.97. The highest BCUT2D eigenvalue weighted by atomic mass is 14.7. The largest absolute Gasteiger partial charge is 0.256 e. The Morgan fingerprint density at radius 2 is 1.78 bits per heavy atom. The number of nitrogens with zero attached hydrogens (tertiary/aromatic N) is 1. The van der Waals surface area contributed by atoms with Crippen LogP contribution in [0.5, 0.6) is 0 Å². The molecule has 0 bridgehead atoms. The van der Waals surface area contributed by atoms with Crippen molar-refractivity contribution in [3.63, 3.8) is 0 Å². The van der Waals surface area contributed by atoms with Crippen LogP contribution in [0.2, 0.25) is 0 Å². The standard InChI is InChI=1S/C17H17N/c1-12-7-13(2)9-16(8-12)17-10-14-5-3-4-6-15(14)11-18-17/h4,6-11H,3,5H2,1-2H3. The molecule has 1 aliphatic rings. The molecule has 0 N–H and O–H groups in total. The van der Waals surface area contributed by atoms with Crippen LogP contribution in [0.15, 0.2) is 36.5 Å². The van der Waals surface area contributed by atoms with Crippen LogP contribution in [-0.2, 0) is 6.42 Å². The monoisotopic (exact) mass is 235 g/mol. The molecule has 0 saturated heterocycles. The average molecular weight is 235 g/mol. The summed E-state index contributed by atoms with van der Waals surface area (Å²) in [6, 6.07) is 8.86. The Bertz CT molecular complexity index is 603. The molecule has 1 aromatic carbocycles. The molecule has 0 saturated carbocycles. The molecule has 1 heterocycles. The minimum atomic E-state index is 1.09. The number of aryl methyl sites for hydroxylation is 3. The van der Waals surface area contributed by atoms with Crippen molar-refractivity contribution >= 4 is 6.08 Å². The van der Waals surface area contributed by atoms with E-state index in [1.165, 1.54) is 27.8 Å². The Labute approximate surface area is 108 Å². The Kier molecular flexibility index (Phi) is 2.75. The molecular formula is C17H17N. The fraction of sp³-hybridized carbons (Fsp3) is 0.235. The smallest absolute Gasteiger partial charge is 0.0705 e. The SMILES string of the molecule is Cc1cc(C)cc(-c2cc3c(cn2)C=CCC3)c1. The molecule has 90 valence electrons. The van der Waals surface area contributed by atoms with Crippen LogP contribution in [0.25, 0.3) is 17.3 Å². The third-order valence-corrected chi connectivity index (χ3v) is 3.42. The maximum absolute atomic E-state index is 4.59. The van der Waals surface area contributed by atoms with Gasteiger partial charge in [0.2, 0.25) is 0 Å². The molecule has 3 rings (SSSR count). The van der Waals surface area contributed by atoms with Crippen LogP contribution in [0.4, 0.5) is 0 Å². The summed E-state index contributed by atoms with van der Waals surface area (Å²) in [6.07, 6.45) is 8.67. The third-order valence-electron chi connectivity index (χ3n) is 3.42. The first-order valence-electron chi connectivity index (χ1n) is 6.46. The predicted octanol–water partition coefficient (Wildman–Crippen LogP) is 4.32. The van der Waals surface area contributed by atoms with Crippen LogP contribution in [0.3, 0.4) is 0 Å². The molecule has 0 amide bonds. The van der Waals surface area contributed by atoms with E-state index in [1.807, 2.05) is 6.20 Å². The normalized spacial score (nSPS) is 13.4. The van der Waals surface area contributed by atoms with Crippen molar-refractivity contribution in [1.82, 2.24) is 4.98 Å². The summed E-state index contributed by atoms with van der Waals surface area (Å²) in [4.78, 5) is 4.59. The molecule has 1 nitrogen and oxygen atoms in total. The molecule has 0 radical (unpaired) electrons. The molecule has 18 heavy (non-hydrogen) atoms. The minimum absolute atomic E-state index is 1.09. The number of rotatable bonds is 1. The molecular weight excluding hydrogens is 218 g/mol. The summed E-state index contributed by atoms with van der Waals surface area (Å²) in [5.74, 6) is 0. The van der Waals surface area contributed by atoms with Crippen molar-refractivity contribution in [3.8, 4) is 11.3 Å². The van der Waals surface area contributed by atoms with Crippen molar-refractivity contribution in [3.05, 3.63) is 58.8 Å². The average Bonchev–Trinajstić information content (AvgIpc) is 2.37. The number of allylic oxidation sites excluding steroid dienone is 1. The quantitative estimate of drug-likeness (QED) is 0.717. The molecule has 0 fully saturated rings. The summed E-state index contributed by atoms with van der Waals surface area (Å²) < 4.78 is 0. The van der Waals surface area contributed by atoms with Gasteiger partial charge in [0.05, 0.1) is 5.69 Å². The van der Waals surface area contributed by atoms with Gasteiger partial charge in [-0.3, -0.25) is 4.98 Å². The first-order chi connectivity index (χ1) is 8.72. The zero-order chi connectivity index (χ0) is 12.5. The van der Waals surface area contributed by atoms with Crippen LogP contribution < -0.4 is 0 Å². The lowest BCUT2D eigenvalue weighted by atomic mass is 9.96. The van der Waals surface area contributed by atoms with Gasteiger partial charge in [0.15, 0.2) is 0 Å².